The molecule has 0 saturated heterocycles. The van der Waals surface area contributed by atoms with Gasteiger partial charge < -0.3 is 0 Å². The molecule has 1 aliphatic rings. The van der Waals surface area contributed by atoms with E-state index >= 15 is 0 Å². The van der Waals surface area contributed by atoms with Crippen LogP contribution in [0.1, 0.15) is 40.4 Å². The predicted octanol–water partition coefficient (Wildman–Crippen LogP) is 11.6. The molecule has 0 heterocycles. The Morgan fingerprint density at radius 2 is 1.30 bits per heavy atom. The van der Waals surface area contributed by atoms with Crippen molar-refractivity contribution in [3.05, 3.63) is 174 Å². The van der Waals surface area contributed by atoms with E-state index in [-0.39, 0.29) is 5.78 Å². The average Bonchev–Trinajstić information content (AvgIpc) is 3.07. The van der Waals surface area contributed by atoms with E-state index in [1.54, 1.807) is 0 Å². The first-order valence-corrected chi connectivity index (χ1v) is 15.0. The summed E-state index contributed by atoms with van der Waals surface area (Å²) in [6.07, 6.45) is 6.45. The minimum Gasteiger partial charge on any atom is -0.294 e. The van der Waals surface area contributed by atoms with Gasteiger partial charge in [0.2, 0.25) is 0 Å². The van der Waals surface area contributed by atoms with Crippen LogP contribution in [0.15, 0.2) is 152 Å². The predicted molar refractivity (Wildman–Crippen MR) is 189 cm³/mol. The third-order valence-corrected chi connectivity index (χ3v) is 8.74. The van der Waals surface area contributed by atoms with Gasteiger partial charge >= 0.3 is 0 Å². The topological polar surface area (TPSA) is 17.1 Å². The largest absolute Gasteiger partial charge is 0.294 e. The summed E-state index contributed by atoms with van der Waals surface area (Å²) in [4.78, 5) is 13.1. The second-order valence-electron chi connectivity index (χ2n) is 11.5. The maximum Gasteiger partial charge on any atom is 0.167 e. The van der Waals surface area contributed by atoms with Gasteiger partial charge in [-0.05, 0) is 90.7 Å². The van der Waals surface area contributed by atoms with Crippen molar-refractivity contribution >= 4 is 44.6 Å². The summed E-state index contributed by atoms with van der Waals surface area (Å²) in [6.45, 7) is 10.3. The Bertz CT molecular complexity index is 2120. The molecule has 7 rings (SSSR count). The summed E-state index contributed by atoms with van der Waals surface area (Å²) >= 11 is 0. The zero-order chi connectivity index (χ0) is 30.2. The molecule has 0 amide bonds. The van der Waals surface area contributed by atoms with Gasteiger partial charge in [-0.2, -0.15) is 0 Å². The van der Waals surface area contributed by atoms with Gasteiger partial charge in [0.1, 0.15) is 0 Å². The fourth-order valence-corrected chi connectivity index (χ4v) is 6.35. The van der Waals surface area contributed by atoms with Crippen molar-refractivity contribution in [2.24, 2.45) is 0 Å². The van der Waals surface area contributed by atoms with Gasteiger partial charge in [-0.15, -0.1) is 0 Å². The number of rotatable bonds is 6. The lowest BCUT2D eigenvalue weighted by Gasteiger charge is -2.20. The Labute approximate surface area is 258 Å². The summed E-state index contributed by atoms with van der Waals surface area (Å²) < 4.78 is 0. The van der Waals surface area contributed by atoms with Crippen LogP contribution in [-0.4, -0.2) is 5.78 Å². The molecule has 0 unspecified atom stereocenters. The van der Waals surface area contributed by atoms with Crippen LogP contribution in [-0.2, 0) is 0 Å². The van der Waals surface area contributed by atoms with Crippen LogP contribution >= 0.6 is 0 Å². The molecule has 6 aromatic carbocycles. The maximum atomic E-state index is 13.1. The lowest BCUT2D eigenvalue weighted by Crippen LogP contribution is -2.10. The van der Waals surface area contributed by atoms with Gasteiger partial charge in [0.05, 0.1) is 0 Å². The number of allylic oxidation sites excluding steroid dienone is 5. The number of Topliss-reactive ketones (excluding diaryl/α,β-unsaturated/α-hetero) is 1. The van der Waals surface area contributed by atoms with E-state index in [1.165, 1.54) is 32.7 Å². The van der Waals surface area contributed by atoms with E-state index in [0.29, 0.717) is 6.42 Å². The van der Waals surface area contributed by atoms with Crippen LogP contribution in [0.2, 0.25) is 0 Å². The molecule has 0 aromatic heterocycles. The third kappa shape index (κ3) is 4.93. The molecule has 1 aliphatic carbocycles. The molecule has 0 saturated carbocycles. The summed E-state index contributed by atoms with van der Waals surface area (Å²) in [5, 5.41) is 4.99. The molecule has 0 spiro atoms. The Morgan fingerprint density at radius 3 is 1.95 bits per heavy atom. The molecule has 0 N–H and O–H groups in total. The van der Waals surface area contributed by atoms with Crippen molar-refractivity contribution in [2.45, 2.75) is 13.3 Å². The van der Waals surface area contributed by atoms with Crippen LogP contribution in [0.5, 0.6) is 0 Å². The Balaban J connectivity index is 1.18. The number of carbonyl (C=O) groups is 1. The zero-order valence-electron chi connectivity index (χ0n) is 24.8. The van der Waals surface area contributed by atoms with E-state index in [2.05, 4.69) is 135 Å². The molecular formula is C43H32O. The number of carbonyl (C=O) groups excluding carboxylic acids is 1. The number of ketones is 1. The molecule has 1 heteroatoms. The van der Waals surface area contributed by atoms with Crippen LogP contribution in [0, 0.1) is 0 Å². The van der Waals surface area contributed by atoms with Crippen molar-refractivity contribution in [1.82, 2.24) is 0 Å². The summed E-state index contributed by atoms with van der Waals surface area (Å²) in [5.41, 5.74) is 11.6. The van der Waals surface area contributed by atoms with Crippen molar-refractivity contribution in [3.8, 4) is 22.3 Å². The molecule has 1 nitrogen and oxygen atoms in total. The second kappa shape index (κ2) is 11.3. The van der Waals surface area contributed by atoms with Crippen molar-refractivity contribution in [3.63, 3.8) is 0 Å². The minimum atomic E-state index is 0.162. The molecular weight excluding hydrogens is 532 g/mol. The molecule has 0 radical (unpaired) electrons. The molecule has 210 valence electrons. The van der Waals surface area contributed by atoms with Gasteiger partial charge in [0, 0.05) is 12.0 Å². The number of hydrogen-bond donors (Lipinski definition) is 0. The standard InChI is InChI=1S/C43H32O/c1-4-30-14-16-32(17-15-30)34-22-24-40-37(29(3)25-42(44)41(40)27-34)23-13-28(2)31-18-20-33(21-19-31)43-38-11-7-5-9-35(38)26-36-10-6-8-12-39(36)43/h4-24,26-27H,1-2,25H2,3H3/b23-13-. The van der Waals surface area contributed by atoms with Crippen molar-refractivity contribution in [1.29, 1.82) is 0 Å². The monoisotopic (exact) mass is 564 g/mol. The summed E-state index contributed by atoms with van der Waals surface area (Å²) in [5.74, 6) is 0.162. The molecule has 0 aliphatic heterocycles. The SMILES string of the molecule is C=Cc1ccc(-c2ccc3c(c2)C(=O)CC(C)=C3/C=C\C(=C)c2ccc(-c3c4ccccc4cc4ccccc34)cc2)cc1. The minimum absolute atomic E-state index is 0.162. The lowest BCUT2D eigenvalue weighted by molar-refractivity contribution is 0.0991. The summed E-state index contributed by atoms with van der Waals surface area (Å²) in [7, 11) is 0. The molecule has 6 aromatic rings. The van der Waals surface area contributed by atoms with E-state index in [1.807, 2.05) is 24.3 Å². The Hall–Kier alpha value is -5.53. The zero-order valence-corrected chi connectivity index (χ0v) is 24.8. The highest BCUT2D eigenvalue weighted by Crippen LogP contribution is 2.38. The smallest absolute Gasteiger partial charge is 0.167 e. The van der Waals surface area contributed by atoms with Crippen LogP contribution in [0.25, 0.3) is 61.0 Å². The molecule has 44 heavy (non-hydrogen) atoms. The normalized spacial score (nSPS) is 13.1. The quantitative estimate of drug-likeness (QED) is 0.145. The number of hydrogen-bond acceptors (Lipinski definition) is 1. The lowest BCUT2D eigenvalue weighted by atomic mass is 9.83. The Morgan fingerprint density at radius 1 is 0.682 bits per heavy atom. The van der Waals surface area contributed by atoms with Crippen molar-refractivity contribution in [2.75, 3.05) is 0 Å². The highest BCUT2D eigenvalue weighted by Gasteiger charge is 2.22. The average molecular weight is 565 g/mol. The number of fused-ring (bicyclic) bond motifs is 3. The van der Waals surface area contributed by atoms with E-state index < -0.39 is 0 Å². The Kier molecular flexibility index (Phi) is 7.00. The van der Waals surface area contributed by atoms with Gasteiger partial charge in [0.15, 0.2) is 5.78 Å². The van der Waals surface area contributed by atoms with Gasteiger partial charge in [-0.25, -0.2) is 0 Å². The van der Waals surface area contributed by atoms with E-state index in [4.69, 9.17) is 0 Å². The van der Waals surface area contributed by atoms with E-state index in [0.717, 1.165) is 50.1 Å². The first-order valence-electron chi connectivity index (χ1n) is 15.0. The molecule has 0 atom stereocenters. The fourth-order valence-electron chi connectivity index (χ4n) is 6.35. The van der Waals surface area contributed by atoms with Crippen LogP contribution in [0.3, 0.4) is 0 Å². The first-order chi connectivity index (χ1) is 21.5. The third-order valence-electron chi connectivity index (χ3n) is 8.74. The van der Waals surface area contributed by atoms with Crippen LogP contribution in [0.4, 0.5) is 0 Å². The van der Waals surface area contributed by atoms with Gasteiger partial charge in [0.25, 0.3) is 0 Å². The first kappa shape index (κ1) is 27.3. The number of benzene rings is 6. The highest BCUT2D eigenvalue weighted by atomic mass is 16.1. The fraction of sp³-hybridized carbons (Fsp3) is 0.0465. The summed E-state index contributed by atoms with van der Waals surface area (Å²) in [6, 6.07) is 42.6. The highest BCUT2D eigenvalue weighted by molar-refractivity contribution is 6.13. The van der Waals surface area contributed by atoms with E-state index in [9.17, 15) is 4.79 Å². The second-order valence-corrected chi connectivity index (χ2v) is 11.5. The van der Waals surface area contributed by atoms with Crippen molar-refractivity contribution < 1.29 is 4.79 Å². The van der Waals surface area contributed by atoms with Gasteiger partial charge in [-0.3, -0.25) is 4.79 Å². The van der Waals surface area contributed by atoms with Gasteiger partial charge in [-0.1, -0.05) is 146 Å². The molecule has 0 bridgehead atoms. The maximum absolute atomic E-state index is 13.1. The van der Waals surface area contributed by atoms with Crippen LogP contribution < -0.4 is 0 Å². The molecule has 0 fully saturated rings.